The van der Waals surface area contributed by atoms with E-state index in [1.165, 1.54) is 5.56 Å². The number of nitrogens with zero attached hydrogens (tertiary/aromatic N) is 2. The molecule has 0 aromatic heterocycles. The highest BCUT2D eigenvalue weighted by Gasteiger charge is 2.49. The first-order valence-electron chi connectivity index (χ1n) is 10.5. The van der Waals surface area contributed by atoms with Crippen LogP contribution in [-0.4, -0.2) is 55.5 Å². The molecule has 164 valence electrons. The molecule has 4 rings (SSSR count). The molecule has 2 aromatic rings. The number of nitrogens with one attached hydrogen (secondary N) is 1. The minimum atomic E-state index is -0.930. The fourth-order valence-corrected chi connectivity index (χ4v) is 5.02. The number of fused-ring (bicyclic) bond motifs is 1. The van der Waals surface area contributed by atoms with Crippen molar-refractivity contribution in [3.63, 3.8) is 0 Å². The number of aromatic carboxylic acids is 1. The molecular weight excluding hydrogens is 394 g/mol. The summed E-state index contributed by atoms with van der Waals surface area (Å²) in [6.45, 7) is 1.05. The highest BCUT2D eigenvalue weighted by Crippen LogP contribution is 2.49. The summed E-state index contributed by atoms with van der Waals surface area (Å²) in [5, 5.41) is 13.7. The Balaban J connectivity index is 1.54. The lowest BCUT2D eigenvalue weighted by molar-refractivity contribution is 0.0697. The molecule has 1 saturated carbocycles. The number of carboxylic acids is 1. The normalized spacial score (nSPS) is 24.6. The fraction of sp³-hybridized carbons (Fsp3) is 0.417. The molecule has 0 bridgehead atoms. The molecule has 0 unspecified atom stereocenters. The van der Waals surface area contributed by atoms with E-state index in [9.17, 15) is 4.79 Å². The Morgan fingerprint density at radius 3 is 2.55 bits per heavy atom. The fourth-order valence-electron chi connectivity index (χ4n) is 5.02. The molecule has 2 atom stereocenters. The number of carbonyl (C=O) groups is 1. The van der Waals surface area contributed by atoms with Gasteiger partial charge >= 0.3 is 5.97 Å². The first-order valence-corrected chi connectivity index (χ1v) is 10.5. The molecule has 7 nitrogen and oxygen atoms in total. The smallest absolute Gasteiger partial charge is 0.335 e. The van der Waals surface area contributed by atoms with Crippen LogP contribution < -0.4 is 14.9 Å². The van der Waals surface area contributed by atoms with Gasteiger partial charge in [-0.3, -0.25) is 5.43 Å². The quantitative estimate of drug-likeness (QED) is 0.684. The molecule has 2 aromatic carbocycles. The van der Waals surface area contributed by atoms with Crippen LogP contribution in [0.2, 0.25) is 0 Å². The first kappa shape index (κ1) is 21.2. The number of likely N-dealkylation sites (tertiary alicyclic amines) is 1. The van der Waals surface area contributed by atoms with Crippen molar-refractivity contribution in [1.82, 2.24) is 4.90 Å². The summed E-state index contributed by atoms with van der Waals surface area (Å²) in [4.78, 5) is 13.4. The van der Waals surface area contributed by atoms with Crippen LogP contribution in [0.5, 0.6) is 11.5 Å². The lowest BCUT2D eigenvalue weighted by Gasteiger charge is -2.42. The Morgan fingerprint density at radius 2 is 1.87 bits per heavy atom. The number of ether oxygens (including phenoxy) is 2. The van der Waals surface area contributed by atoms with Crippen molar-refractivity contribution < 1.29 is 19.4 Å². The molecule has 2 fully saturated rings. The summed E-state index contributed by atoms with van der Waals surface area (Å²) in [6, 6.07) is 13.3. The molecule has 1 saturated heterocycles. The number of anilines is 1. The van der Waals surface area contributed by atoms with Gasteiger partial charge < -0.3 is 19.5 Å². The van der Waals surface area contributed by atoms with Gasteiger partial charge in [0.05, 0.1) is 25.5 Å². The molecule has 2 aliphatic rings. The Bertz CT molecular complexity index is 989. The molecule has 7 heteroatoms. The lowest BCUT2D eigenvalue weighted by Crippen LogP contribution is -2.46. The molecule has 1 aliphatic carbocycles. The lowest BCUT2D eigenvalue weighted by atomic mass is 9.65. The SMILES string of the molecule is COc1ccc([C@@]23CCC(=NNc4ccc(C(=O)O)cc4)C[C@@H]2N(C)CC3)cc1OC. The van der Waals surface area contributed by atoms with E-state index in [1.54, 1.807) is 38.5 Å². The van der Waals surface area contributed by atoms with Crippen LogP contribution in [-0.2, 0) is 5.41 Å². The predicted molar refractivity (Wildman–Crippen MR) is 121 cm³/mol. The summed E-state index contributed by atoms with van der Waals surface area (Å²) >= 11 is 0. The van der Waals surface area contributed by atoms with Crippen LogP contribution in [0.3, 0.4) is 0 Å². The summed E-state index contributed by atoms with van der Waals surface area (Å²) in [5.74, 6) is 0.594. The average Bonchev–Trinajstić information content (AvgIpc) is 3.14. The van der Waals surface area contributed by atoms with Gasteiger partial charge in [0.25, 0.3) is 0 Å². The number of hydrogen-bond donors (Lipinski definition) is 2. The standard InChI is InChI=1S/C24H29N3O4/c1-27-13-12-24(17-6-9-20(30-2)21(14-17)31-3)11-10-19(15-22(24)27)26-25-18-7-4-16(5-8-18)23(28)29/h4-9,14,22,25H,10-13,15H2,1-3H3,(H,28,29)/t22-,24-/m0/s1. The second-order valence-electron chi connectivity index (χ2n) is 8.35. The number of likely N-dealkylation sites (N-methyl/N-ethyl adjacent to an activating group) is 1. The molecule has 1 aliphatic heterocycles. The van der Waals surface area contributed by atoms with E-state index >= 15 is 0 Å². The third-order valence-corrected chi connectivity index (χ3v) is 6.80. The van der Waals surface area contributed by atoms with Gasteiger partial charge in [-0.25, -0.2) is 4.79 Å². The molecule has 2 N–H and O–H groups in total. The minimum Gasteiger partial charge on any atom is -0.493 e. The summed E-state index contributed by atoms with van der Waals surface area (Å²) < 4.78 is 11.0. The number of hydrogen-bond acceptors (Lipinski definition) is 6. The second-order valence-corrected chi connectivity index (χ2v) is 8.35. The molecule has 0 radical (unpaired) electrons. The van der Waals surface area contributed by atoms with Gasteiger partial charge in [0.15, 0.2) is 11.5 Å². The van der Waals surface area contributed by atoms with E-state index in [0.717, 1.165) is 55.1 Å². The molecule has 1 heterocycles. The van der Waals surface area contributed by atoms with E-state index in [2.05, 4.69) is 34.6 Å². The molecule has 0 amide bonds. The zero-order valence-corrected chi connectivity index (χ0v) is 18.2. The number of methoxy groups -OCH3 is 2. The van der Waals surface area contributed by atoms with Crippen LogP contribution in [0.15, 0.2) is 47.6 Å². The van der Waals surface area contributed by atoms with Gasteiger partial charge in [0.2, 0.25) is 0 Å². The third-order valence-electron chi connectivity index (χ3n) is 6.80. The van der Waals surface area contributed by atoms with Crippen LogP contribution in [0.25, 0.3) is 0 Å². The van der Waals surface area contributed by atoms with Crippen molar-refractivity contribution in [3.8, 4) is 11.5 Å². The zero-order chi connectivity index (χ0) is 22.0. The van der Waals surface area contributed by atoms with Crippen molar-refractivity contribution in [3.05, 3.63) is 53.6 Å². The van der Waals surface area contributed by atoms with Crippen LogP contribution in [0.4, 0.5) is 5.69 Å². The average molecular weight is 424 g/mol. The Hall–Kier alpha value is -3.06. The maximum absolute atomic E-state index is 11.0. The van der Waals surface area contributed by atoms with Crippen molar-refractivity contribution in [2.75, 3.05) is 33.2 Å². The highest BCUT2D eigenvalue weighted by atomic mass is 16.5. The first-order chi connectivity index (χ1) is 15.0. The van der Waals surface area contributed by atoms with Crippen LogP contribution in [0.1, 0.15) is 41.6 Å². The van der Waals surface area contributed by atoms with Crippen molar-refractivity contribution in [1.29, 1.82) is 0 Å². The summed E-state index contributed by atoms with van der Waals surface area (Å²) in [6.07, 6.45) is 3.95. The molecule has 31 heavy (non-hydrogen) atoms. The zero-order valence-electron chi connectivity index (χ0n) is 18.2. The Labute approximate surface area is 182 Å². The van der Waals surface area contributed by atoms with Gasteiger partial charge in [-0.2, -0.15) is 5.10 Å². The van der Waals surface area contributed by atoms with Crippen molar-refractivity contribution >= 4 is 17.4 Å². The van der Waals surface area contributed by atoms with E-state index in [0.29, 0.717) is 6.04 Å². The van der Waals surface area contributed by atoms with Gasteiger partial charge in [0.1, 0.15) is 0 Å². The summed E-state index contributed by atoms with van der Waals surface area (Å²) in [5.41, 5.74) is 6.67. The monoisotopic (exact) mass is 423 g/mol. The predicted octanol–water partition coefficient (Wildman–Crippen LogP) is 4.00. The summed E-state index contributed by atoms with van der Waals surface area (Å²) in [7, 11) is 5.53. The maximum Gasteiger partial charge on any atom is 0.335 e. The van der Waals surface area contributed by atoms with Crippen LogP contribution in [0, 0.1) is 0 Å². The van der Waals surface area contributed by atoms with Gasteiger partial charge in [-0.05, 0) is 74.8 Å². The number of carboxylic acid groups (broad SMARTS) is 1. The molecule has 0 spiro atoms. The number of hydrazone groups is 1. The molecular formula is C24H29N3O4. The maximum atomic E-state index is 11.0. The van der Waals surface area contributed by atoms with Gasteiger partial charge in [-0.1, -0.05) is 6.07 Å². The van der Waals surface area contributed by atoms with E-state index < -0.39 is 5.97 Å². The Kier molecular flexibility index (Phi) is 5.87. The Morgan fingerprint density at radius 1 is 1.13 bits per heavy atom. The number of rotatable bonds is 6. The van der Waals surface area contributed by atoms with Gasteiger partial charge in [-0.15, -0.1) is 0 Å². The number of benzene rings is 2. The van der Waals surface area contributed by atoms with Gasteiger partial charge in [0, 0.05) is 23.6 Å². The highest BCUT2D eigenvalue weighted by molar-refractivity contribution is 5.88. The third kappa shape index (κ3) is 3.97. The minimum absolute atomic E-state index is 0.0798. The van der Waals surface area contributed by atoms with E-state index in [4.69, 9.17) is 14.6 Å². The largest absolute Gasteiger partial charge is 0.493 e. The second kappa shape index (κ2) is 8.59. The van der Waals surface area contributed by atoms with Crippen molar-refractivity contribution in [2.24, 2.45) is 5.10 Å². The van der Waals surface area contributed by atoms with E-state index in [1.807, 2.05) is 6.07 Å². The topological polar surface area (TPSA) is 83.4 Å². The van der Waals surface area contributed by atoms with Crippen LogP contribution >= 0.6 is 0 Å². The van der Waals surface area contributed by atoms with E-state index in [-0.39, 0.29) is 11.0 Å². The van der Waals surface area contributed by atoms with Crippen molar-refractivity contribution in [2.45, 2.75) is 37.1 Å².